The van der Waals surface area contributed by atoms with Gasteiger partial charge in [-0.15, -0.1) is 0 Å². The molecule has 3 nitrogen and oxygen atoms in total. The Hall–Kier alpha value is -1.10. The first kappa shape index (κ1) is 11.0. The van der Waals surface area contributed by atoms with E-state index in [2.05, 4.69) is 9.97 Å². The summed E-state index contributed by atoms with van der Waals surface area (Å²) in [5.41, 5.74) is 5.29. The van der Waals surface area contributed by atoms with Gasteiger partial charge < -0.3 is 5.73 Å². The number of nitrogens with zero attached hydrogens (tertiary/aromatic N) is 2. The summed E-state index contributed by atoms with van der Waals surface area (Å²) in [5.74, 6) is 0. The van der Waals surface area contributed by atoms with Crippen LogP contribution in [0.25, 0.3) is 0 Å². The van der Waals surface area contributed by atoms with Crippen molar-refractivity contribution in [3.05, 3.63) is 23.8 Å². The molecule has 78 valence electrons. The number of alkyl halides is 2. The maximum atomic E-state index is 12.5. The topological polar surface area (TPSA) is 51.8 Å². The molecule has 1 unspecified atom stereocenters. The molecule has 1 atom stereocenters. The fraction of sp³-hybridized carbons (Fsp3) is 0.556. The van der Waals surface area contributed by atoms with E-state index < -0.39 is 12.0 Å². The van der Waals surface area contributed by atoms with Crippen molar-refractivity contribution in [3.8, 4) is 0 Å². The van der Waals surface area contributed by atoms with Crippen LogP contribution in [0.5, 0.6) is 0 Å². The molecule has 0 spiro atoms. The van der Waals surface area contributed by atoms with Gasteiger partial charge in [0.15, 0.2) is 0 Å². The summed E-state index contributed by atoms with van der Waals surface area (Å²) in [6, 6.07) is 0. The third kappa shape index (κ3) is 2.45. The Kier molecular flexibility index (Phi) is 3.10. The van der Waals surface area contributed by atoms with Crippen molar-refractivity contribution >= 4 is 0 Å². The highest BCUT2D eigenvalue weighted by molar-refractivity contribution is 5.17. The quantitative estimate of drug-likeness (QED) is 0.802. The first-order chi connectivity index (χ1) is 6.43. The molecular weight excluding hydrogens is 188 g/mol. The zero-order valence-corrected chi connectivity index (χ0v) is 8.17. The second-order valence-corrected chi connectivity index (χ2v) is 3.62. The molecule has 0 saturated heterocycles. The van der Waals surface area contributed by atoms with Gasteiger partial charge in [0.1, 0.15) is 6.33 Å². The van der Waals surface area contributed by atoms with E-state index >= 15 is 0 Å². The molecule has 0 aliphatic heterocycles. The van der Waals surface area contributed by atoms with Crippen molar-refractivity contribution in [2.75, 3.05) is 0 Å². The lowest BCUT2D eigenvalue weighted by atomic mass is 9.94. The molecule has 1 rings (SSSR count). The molecule has 0 amide bonds. The van der Waals surface area contributed by atoms with E-state index in [0.29, 0.717) is 11.3 Å². The van der Waals surface area contributed by atoms with Gasteiger partial charge in [0.25, 0.3) is 6.43 Å². The van der Waals surface area contributed by atoms with Gasteiger partial charge >= 0.3 is 0 Å². The molecule has 2 N–H and O–H groups in total. The highest BCUT2D eigenvalue weighted by atomic mass is 19.3. The Morgan fingerprint density at radius 2 is 2.21 bits per heavy atom. The number of aryl methyl sites for hydroxylation is 1. The van der Waals surface area contributed by atoms with Crippen LogP contribution < -0.4 is 5.73 Å². The minimum atomic E-state index is -2.55. The molecule has 1 heterocycles. The first-order valence-electron chi connectivity index (χ1n) is 4.26. The molecule has 1 aromatic heterocycles. The van der Waals surface area contributed by atoms with Crippen molar-refractivity contribution in [1.29, 1.82) is 0 Å². The normalized spacial score (nSPS) is 15.6. The minimum Gasteiger partial charge on any atom is -0.320 e. The average molecular weight is 201 g/mol. The minimum absolute atomic E-state index is 0.0807. The predicted octanol–water partition coefficient (Wildman–Crippen LogP) is 1.31. The highest BCUT2D eigenvalue weighted by Gasteiger charge is 2.31. The van der Waals surface area contributed by atoms with E-state index in [9.17, 15) is 8.78 Å². The molecule has 0 bridgehead atoms. The van der Waals surface area contributed by atoms with Crippen molar-refractivity contribution in [2.45, 2.75) is 32.2 Å². The molecule has 0 aromatic carbocycles. The van der Waals surface area contributed by atoms with Crippen LogP contribution in [0.4, 0.5) is 8.78 Å². The standard InChI is InChI=1S/C9H13F2N3/c1-6-7(4-13-5-14-6)3-9(2,12)8(10)11/h4-5,8H,3,12H2,1-2H3. The van der Waals surface area contributed by atoms with Crippen LogP contribution in [0.1, 0.15) is 18.2 Å². The van der Waals surface area contributed by atoms with Gasteiger partial charge in [-0.3, -0.25) is 0 Å². The van der Waals surface area contributed by atoms with Gasteiger partial charge in [0.2, 0.25) is 0 Å². The molecule has 5 heteroatoms. The smallest absolute Gasteiger partial charge is 0.256 e. The van der Waals surface area contributed by atoms with Crippen molar-refractivity contribution in [3.63, 3.8) is 0 Å². The van der Waals surface area contributed by atoms with Crippen molar-refractivity contribution in [2.24, 2.45) is 5.73 Å². The summed E-state index contributed by atoms with van der Waals surface area (Å²) < 4.78 is 24.9. The summed E-state index contributed by atoms with van der Waals surface area (Å²) in [6.07, 6.45) is 0.435. The maximum absolute atomic E-state index is 12.5. The molecule has 0 saturated carbocycles. The van der Waals surface area contributed by atoms with Gasteiger partial charge in [0.05, 0.1) is 5.54 Å². The van der Waals surface area contributed by atoms with Crippen LogP contribution in [-0.4, -0.2) is 21.9 Å². The third-order valence-electron chi connectivity index (χ3n) is 2.08. The number of nitrogens with two attached hydrogens (primary N) is 1. The van der Waals surface area contributed by atoms with Crippen LogP contribution in [0, 0.1) is 6.92 Å². The van der Waals surface area contributed by atoms with E-state index in [4.69, 9.17) is 5.73 Å². The summed E-state index contributed by atoms with van der Waals surface area (Å²) in [5, 5.41) is 0. The average Bonchev–Trinajstić information content (AvgIpc) is 2.08. The second-order valence-electron chi connectivity index (χ2n) is 3.62. The van der Waals surface area contributed by atoms with E-state index in [1.165, 1.54) is 19.4 Å². The Balaban J connectivity index is 2.84. The zero-order chi connectivity index (χ0) is 10.8. The molecule has 14 heavy (non-hydrogen) atoms. The van der Waals surface area contributed by atoms with Gasteiger partial charge in [0, 0.05) is 11.9 Å². The number of hydrogen-bond acceptors (Lipinski definition) is 3. The lowest BCUT2D eigenvalue weighted by Crippen LogP contribution is -2.46. The molecule has 0 fully saturated rings. The zero-order valence-electron chi connectivity index (χ0n) is 8.17. The largest absolute Gasteiger partial charge is 0.320 e. The third-order valence-corrected chi connectivity index (χ3v) is 2.08. The Morgan fingerprint density at radius 3 is 2.71 bits per heavy atom. The maximum Gasteiger partial charge on any atom is 0.256 e. The summed E-state index contributed by atoms with van der Waals surface area (Å²) >= 11 is 0. The molecule has 0 aliphatic rings. The first-order valence-corrected chi connectivity index (χ1v) is 4.26. The van der Waals surface area contributed by atoms with E-state index in [0.717, 1.165) is 0 Å². The number of rotatable bonds is 3. The fourth-order valence-corrected chi connectivity index (χ4v) is 1.08. The van der Waals surface area contributed by atoms with Gasteiger partial charge in [-0.25, -0.2) is 18.7 Å². The Bertz CT molecular complexity index is 313. The monoisotopic (exact) mass is 201 g/mol. The van der Waals surface area contributed by atoms with Gasteiger partial charge in [-0.1, -0.05) is 0 Å². The highest BCUT2D eigenvalue weighted by Crippen LogP contribution is 2.18. The van der Waals surface area contributed by atoms with Crippen LogP contribution in [0.3, 0.4) is 0 Å². The summed E-state index contributed by atoms with van der Waals surface area (Å²) in [7, 11) is 0. The SMILES string of the molecule is Cc1ncncc1CC(C)(N)C(F)F. The van der Waals surface area contributed by atoms with E-state index in [1.807, 2.05) is 0 Å². The van der Waals surface area contributed by atoms with Crippen molar-refractivity contribution < 1.29 is 8.78 Å². The van der Waals surface area contributed by atoms with Crippen molar-refractivity contribution in [1.82, 2.24) is 9.97 Å². The summed E-state index contributed by atoms with van der Waals surface area (Å²) in [6.45, 7) is 3.07. The number of aromatic nitrogens is 2. The van der Waals surface area contributed by atoms with Gasteiger partial charge in [-0.2, -0.15) is 0 Å². The molecule has 0 aliphatic carbocycles. The lowest BCUT2D eigenvalue weighted by Gasteiger charge is -2.23. The molecule has 1 aromatic rings. The van der Waals surface area contributed by atoms with E-state index in [1.54, 1.807) is 6.92 Å². The lowest BCUT2D eigenvalue weighted by molar-refractivity contribution is 0.0638. The predicted molar refractivity (Wildman–Crippen MR) is 49.1 cm³/mol. The fourth-order valence-electron chi connectivity index (χ4n) is 1.08. The van der Waals surface area contributed by atoms with Gasteiger partial charge in [-0.05, 0) is 25.8 Å². The second kappa shape index (κ2) is 3.96. The number of halogens is 2. The molecule has 0 radical (unpaired) electrons. The van der Waals surface area contributed by atoms with Crippen LogP contribution >= 0.6 is 0 Å². The summed E-state index contributed by atoms with van der Waals surface area (Å²) in [4.78, 5) is 7.69. The van der Waals surface area contributed by atoms with E-state index in [-0.39, 0.29) is 6.42 Å². The Labute approximate surface area is 81.4 Å². The van der Waals surface area contributed by atoms with Crippen LogP contribution in [0.15, 0.2) is 12.5 Å². The Morgan fingerprint density at radius 1 is 1.57 bits per heavy atom. The molecular formula is C9H13F2N3. The van der Waals surface area contributed by atoms with Crippen LogP contribution in [0.2, 0.25) is 0 Å². The number of hydrogen-bond donors (Lipinski definition) is 1. The van der Waals surface area contributed by atoms with Crippen LogP contribution in [-0.2, 0) is 6.42 Å².